The molecule has 6 nitrogen and oxygen atoms in total. The number of aromatic amines is 1. The minimum atomic E-state index is -0.00568. The number of carbonyl (C=O) groups excluding carboxylic acids is 1. The van der Waals surface area contributed by atoms with Crippen molar-refractivity contribution in [1.29, 1.82) is 0 Å². The summed E-state index contributed by atoms with van der Waals surface area (Å²) in [6, 6.07) is 7.85. The van der Waals surface area contributed by atoms with Gasteiger partial charge in [-0.15, -0.1) is 0 Å². The molecule has 1 saturated heterocycles. The molecule has 2 aromatic rings. The van der Waals surface area contributed by atoms with Gasteiger partial charge in [-0.1, -0.05) is 18.2 Å². The van der Waals surface area contributed by atoms with E-state index in [9.17, 15) is 4.79 Å². The fourth-order valence-electron chi connectivity index (χ4n) is 3.30. The van der Waals surface area contributed by atoms with Gasteiger partial charge in [-0.05, 0) is 44.2 Å². The Morgan fingerprint density at radius 3 is 2.96 bits per heavy atom. The van der Waals surface area contributed by atoms with Crippen LogP contribution in [0.25, 0.3) is 0 Å². The number of nitrogens with zero attached hydrogens (tertiary/aromatic N) is 3. The highest BCUT2D eigenvalue weighted by atomic mass is 16.5. The van der Waals surface area contributed by atoms with Gasteiger partial charge in [-0.25, -0.2) is 4.98 Å². The van der Waals surface area contributed by atoms with Gasteiger partial charge in [-0.2, -0.15) is 5.10 Å². The lowest BCUT2D eigenvalue weighted by Crippen LogP contribution is -2.39. The SMILES string of the molecule is COc1ccccc1CCC(=O)N1CCCCC1c1n[nH]c(C)n1. The van der Waals surface area contributed by atoms with Crippen molar-refractivity contribution in [1.82, 2.24) is 20.1 Å². The Balaban J connectivity index is 1.68. The molecule has 128 valence electrons. The Morgan fingerprint density at radius 1 is 1.38 bits per heavy atom. The van der Waals surface area contributed by atoms with Crippen LogP contribution in [0, 0.1) is 6.92 Å². The quantitative estimate of drug-likeness (QED) is 0.916. The number of aromatic nitrogens is 3. The van der Waals surface area contributed by atoms with Crippen molar-refractivity contribution in [3.8, 4) is 5.75 Å². The van der Waals surface area contributed by atoms with E-state index in [1.165, 1.54) is 0 Å². The number of rotatable bonds is 5. The van der Waals surface area contributed by atoms with Crippen LogP contribution in [-0.2, 0) is 11.2 Å². The summed E-state index contributed by atoms with van der Waals surface area (Å²) < 4.78 is 5.37. The Hall–Kier alpha value is -2.37. The maximum absolute atomic E-state index is 12.8. The molecule has 0 aliphatic carbocycles. The van der Waals surface area contributed by atoms with Gasteiger partial charge < -0.3 is 9.64 Å². The van der Waals surface area contributed by atoms with Crippen LogP contribution in [0.3, 0.4) is 0 Å². The summed E-state index contributed by atoms with van der Waals surface area (Å²) in [5.74, 6) is 2.52. The van der Waals surface area contributed by atoms with Gasteiger partial charge in [0.1, 0.15) is 11.6 Å². The van der Waals surface area contributed by atoms with Gasteiger partial charge in [0.2, 0.25) is 5.91 Å². The Kier molecular flexibility index (Phi) is 5.13. The highest BCUT2D eigenvalue weighted by Crippen LogP contribution is 2.30. The maximum Gasteiger partial charge on any atom is 0.223 e. The summed E-state index contributed by atoms with van der Waals surface area (Å²) in [5.41, 5.74) is 1.07. The topological polar surface area (TPSA) is 71.1 Å². The standard InChI is InChI=1S/C18H24N4O2/c1-13-19-18(21-20-13)15-8-5-6-12-22(15)17(23)11-10-14-7-3-4-9-16(14)24-2/h3-4,7,9,15H,5-6,8,10-12H2,1-2H3,(H,19,20,21). The first-order chi connectivity index (χ1) is 11.7. The lowest BCUT2D eigenvalue weighted by atomic mass is 10.00. The number of H-pyrrole nitrogens is 1. The molecule has 3 rings (SSSR count). The van der Waals surface area contributed by atoms with Crippen molar-refractivity contribution in [2.75, 3.05) is 13.7 Å². The molecule has 1 atom stereocenters. The van der Waals surface area contributed by atoms with E-state index in [-0.39, 0.29) is 11.9 Å². The summed E-state index contributed by atoms with van der Waals surface area (Å²) in [6.07, 6.45) is 4.23. The highest BCUT2D eigenvalue weighted by molar-refractivity contribution is 5.77. The number of aryl methyl sites for hydroxylation is 2. The Bertz CT molecular complexity index is 698. The van der Waals surface area contributed by atoms with Crippen molar-refractivity contribution in [3.63, 3.8) is 0 Å². The van der Waals surface area contributed by atoms with Gasteiger partial charge in [-0.3, -0.25) is 9.89 Å². The summed E-state index contributed by atoms with van der Waals surface area (Å²) in [4.78, 5) is 19.2. The summed E-state index contributed by atoms with van der Waals surface area (Å²) in [6.45, 7) is 2.66. The normalized spacial score (nSPS) is 17.8. The molecule has 1 unspecified atom stereocenters. The molecule has 2 heterocycles. The van der Waals surface area contributed by atoms with E-state index in [1.807, 2.05) is 36.1 Å². The fraction of sp³-hybridized carbons (Fsp3) is 0.500. The van der Waals surface area contributed by atoms with Crippen molar-refractivity contribution in [2.45, 2.75) is 45.1 Å². The van der Waals surface area contributed by atoms with Crippen LogP contribution in [0.1, 0.15) is 48.9 Å². The molecule has 1 aromatic heterocycles. The van der Waals surface area contributed by atoms with Crippen molar-refractivity contribution >= 4 is 5.91 Å². The highest BCUT2D eigenvalue weighted by Gasteiger charge is 2.30. The van der Waals surface area contributed by atoms with E-state index < -0.39 is 0 Å². The number of para-hydroxylation sites is 1. The zero-order valence-electron chi connectivity index (χ0n) is 14.3. The average Bonchev–Trinajstić information content (AvgIpc) is 3.06. The second-order valence-corrected chi connectivity index (χ2v) is 6.19. The van der Waals surface area contributed by atoms with Crippen LogP contribution in [0.4, 0.5) is 0 Å². The molecular weight excluding hydrogens is 304 g/mol. The Morgan fingerprint density at radius 2 is 2.21 bits per heavy atom. The van der Waals surface area contributed by atoms with Crippen LogP contribution in [0.15, 0.2) is 24.3 Å². The average molecular weight is 328 g/mol. The molecule has 1 aromatic carbocycles. The van der Waals surface area contributed by atoms with Crippen LogP contribution in [-0.4, -0.2) is 39.6 Å². The third-order valence-electron chi connectivity index (χ3n) is 4.54. The number of benzene rings is 1. The van der Waals surface area contributed by atoms with Gasteiger partial charge in [0.15, 0.2) is 5.82 Å². The van der Waals surface area contributed by atoms with Gasteiger partial charge in [0.25, 0.3) is 0 Å². The van der Waals surface area contributed by atoms with Crippen LogP contribution >= 0.6 is 0 Å². The van der Waals surface area contributed by atoms with Crippen molar-refractivity contribution in [2.24, 2.45) is 0 Å². The predicted molar refractivity (Wildman–Crippen MR) is 90.7 cm³/mol. The number of piperidine rings is 1. The van der Waals surface area contributed by atoms with Gasteiger partial charge in [0.05, 0.1) is 13.2 Å². The second kappa shape index (κ2) is 7.47. The van der Waals surface area contributed by atoms with E-state index in [0.29, 0.717) is 12.8 Å². The zero-order valence-corrected chi connectivity index (χ0v) is 14.3. The van der Waals surface area contributed by atoms with E-state index in [4.69, 9.17) is 4.74 Å². The first kappa shape index (κ1) is 16.5. The van der Waals surface area contributed by atoms with Crippen LogP contribution in [0.2, 0.25) is 0 Å². The monoisotopic (exact) mass is 328 g/mol. The number of likely N-dealkylation sites (tertiary alicyclic amines) is 1. The first-order valence-corrected chi connectivity index (χ1v) is 8.49. The summed E-state index contributed by atoms with van der Waals surface area (Å²) in [7, 11) is 1.66. The van der Waals surface area contributed by atoms with Crippen LogP contribution in [0.5, 0.6) is 5.75 Å². The summed E-state index contributed by atoms with van der Waals surface area (Å²) >= 11 is 0. The number of hydrogen-bond acceptors (Lipinski definition) is 4. The number of carbonyl (C=O) groups is 1. The number of ether oxygens (including phenoxy) is 1. The van der Waals surface area contributed by atoms with Gasteiger partial charge in [0, 0.05) is 13.0 Å². The molecule has 1 aliphatic heterocycles. The Labute approximate surface area is 142 Å². The van der Waals surface area contributed by atoms with Crippen molar-refractivity contribution in [3.05, 3.63) is 41.5 Å². The number of methoxy groups -OCH3 is 1. The fourth-order valence-corrected chi connectivity index (χ4v) is 3.30. The molecule has 6 heteroatoms. The minimum Gasteiger partial charge on any atom is -0.496 e. The largest absolute Gasteiger partial charge is 0.496 e. The molecule has 24 heavy (non-hydrogen) atoms. The molecule has 1 fully saturated rings. The molecular formula is C18H24N4O2. The zero-order chi connectivity index (χ0) is 16.9. The molecule has 1 aliphatic rings. The lowest BCUT2D eigenvalue weighted by molar-refractivity contribution is -0.135. The molecule has 0 bridgehead atoms. The van der Waals surface area contributed by atoms with Crippen molar-refractivity contribution < 1.29 is 9.53 Å². The number of nitrogens with one attached hydrogen (secondary N) is 1. The molecule has 0 radical (unpaired) electrons. The number of amides is 1. The molecule has 1 N–H and O–H groups in total. The summed E-state index contributed by atoms with van der Waals surface area (Å²) in [5, 5.41) is 7.15. The minimum absolute atomic E-state index is 0.00568. The van der Waals surface area contributed by atoms with E-state index in [2.05, 4.69) is 15.2 Å². The van der Waals surface area contributed by atoms with Crippen LogP contribution < -0.4 is 4.74 Å². The molecule has 1 amide bonds. The van der Waals surface area contributed by atoms with E-state index >= 15 is 0 Å². The van der Waals surface area contributed by atoms with Gasteiger partial charge >= 0.3 is 0 Å². The smallest absolute Gasteiger partial charge is 0.223 e. The third kappa shape index (κ3) is 3.58. The first-order valence-electron chi connectivity index (χ1n) is 8.49. The second-order valence-electron chi connectivity index (χ2n) is 6.19. The van der Waals surface area contributed by atoms with E-state index in [1.54, 1.807) is 7.11 Å². The maximum atomic E-state index is 12.8. The third-order valence-corrected chi connectivity index (χ3v) is 4.54. The lowest BCUT2D eigenvalue weighted by Gasteiger charge is -2.34. The number of hydrogen-bond donors (Lipinski definition) is 1. The molecule has 0 spiro atoms. The van der Waals surface area contributed by atoms with E-state index in [0.717, 1.165) is 48.8 Å². The molecule has 0 saturated carbocycles. The predicted octanol–water partition coefficient (Wildman–Crippen LogP) is 2.81.